The number of fused-ring (bicyclic) bond motifs is 3. The lowest BCUT2D eigenvalue weighted by Gasteiger charge is -2.27. The third-order valence-electron chi connectivity index (χ3n) is 6.03. The topological polar surface area (TPSA) is 137 Å². The van der Waals surface area contributed by atoms with Crippen molar-refractivity contribution in [2.45, 2.75) is 31.8 Å². The molecule has 10 nitrogen and oxygen atoms in total. The van der Waals surface area contributed by atoms with Gasteiger partial charge in [-0.25, -0.2) is 9.98 Å². The van der Waals surface area contributed by atoms with Crippen LogP contribution in [0.4, 0.5) is 0 Å². The number of likely N-dealkylation sites (tertiary alicyclic amines) is 1. The maximum atomic E-state index is 9.13. The molecule has 1 aromatic heterocycles. The molecule has 2 aromatic rings. The molecule has 0 aliphatic carbocycles. The number of aromatic nitrogens is 2. The molecule has 180 valence electrons. The second-order valence-corrected chi connectivity index (χ2v) is 8.43. The van der Waals surface area contributed by atoms with Gasteiger partial charge < -0.3 is 30.5 Å². The number of amidine groups is 1. The average molecular weight is 465 g/mol. The van der Waals surface area contributed by atoms with Crippen molar-refractivity contribution in [3.05, 3.63) is 35.7 Å². The molecule has 0 bridgehead atoms. The zero-order chi connectivity index (χ0) is 23.9. The molecule has 2 aliphatic rings. The Bertz CT molecular complexity index is 1100. The van der Waals surface area contributed by atoms with E-state index in [0.29, 0.717) is 31.1 Å². The Morgan fingerprint density at radius 1 is 1.32 bits per heavy atom. The van der Waals surface area contributed by atoms with Crippen LogP contribution in [-0.4, -0.2) is 89.6 Å². The van der Waals surface area contributed by atoms with Crippen LogP contribution in [0.3, 0.4) is 0 Å². The molecule has 0 saturated carbocycles. The molecular formula is C24H32N8O2. The number of ether oxygens (including phenoxy) is 1. The largest absolute Gasteiger partial charge is 0.491 e. The van der Waals surface area contributed by atoms with Crippen molar-refractivity contribution in [2.75, 3.05) is 39.9 Å². The number of aliphatic hydroxyl groups excluding tert-OH is 1. The Morgan fingerprint density at radius 2 is 2.15 bits per heavy atom. The van der Waals surface area contributed by atoms with Crippen molar-refractivity contribution >= 4 is 24.1 Å². The van der Waals surface area contributed by atoms with Crippen LogP contribution in [0.2, 0.25) is 0 Å². The summed E-state index contributed by atoms with van der Waals surface area (Å²) in [6, 6.07) is 6.33. The molecule has 3 heterocycles. The highest BCUT2D eigenvalue weighted by Crippen LogP contribution is 2.33. The van der Waals surface area contributed by atoms with Crippen LogP contribution >= 0.6 is 0 Å². The highest BCUT2D eigenvalue weighted by atomic mass is 16.5. The average Bonchev–Trinajstić information content (AvgIpc) is 3.19. The standard InChI is InChI=1S/C24H32N8O2/c1-31-9-5-18(6-10-31)29-20(4-7-25)17-2-3-19-22(14-17)34-13-11-32-15-21(30-24(19)32)23(28-16-26)27-8-12-33/h2-3,7,14-16,18,25,33H,4-6,8-13H2,1H3,(H2,26,27,28). The second-order valence-electron chi connectivity index (χ2n) is 8.43. The van der Waals surface area contributed by atoms with Gasteiger partial charge in [0.05, 0.1) is 37.6 Å². The van der Waals surface area contributed by atoms with Crippen molar-refractivity contribution in [3.63, 3.8) is 0 Å². The number of nitrogens with zero attached hydrogens (tertiary/aromatic N) is 6. The number of nitrogens with one attached hydrogen (secondary N) is 1. The lowest BCUT2D eigenvalue weighted by atomic mass is 10.0. The van der Waals surface area contributed by atoms with E-state index in [0.717, 1.165) is 54.3 Å². The first-order valence-corrected chi connectivity index (χ1v) is 11.6. The van der Waals surface area contributed by atoms with Crippen molar-refractivity contribution in [1.29, 1.82) is 5.41 Å². The SMILES string of the molecule is CN1CCC(N=C(CC=N)c2ccc3c(c2)OCCn2cc(C(N=CN)=NCCO)nc2-3)CC1. The van der Waals surface area contributed by atoms with E-state index < -0.39 is 0 Å². The predicted octanol–water partition coefficient (Wildman–Crippen LogP) is 1.59. The van der Waals surface area contributed by atoms with Crippen LogP contribution in [0.25, 0.3) is 11.4 Å². The van der Waals surface area contributed by atoms with Crippen molar-refractivity contribution in [1.82, 2.24) is 14.5 Å². The Hall–Kier alpha value is -3.37. The fourth-order valence-electron chi connectivity index (χ4n) is 4.27. The van der Waals surface area contributed by atoms with Gasteiger partial charge in [-0.2, -0.15) is 0 Å². The molecule has 4 rings (SSSR count). The van der Waals surface area contributed by atoms with E-state index in [1.54, 1.807) is 0 Å². The third-order valence-corrected chi connectivity index (χ3v) is 6.03. The van der Waals surface area contributed by atoms with Gasteiger partial charge in [0.2, 0.25) is 0 Å². The second kappa shape index (κ2) is 11.2. The number of hydrogen-bond acceptors (Lipinski definition) is 7. The number of imidazole rings is 1. The van der Waals surface area contributed by atoms with Crippen LogP contribution in [0, 0.1) is 5.41 Å². The fraction of sp³-hybridized carbons (Fsp3) is 0.458. The fourth-order valence-corrected chi connectivity index (χ4v) is 4.27. The van der Waals surface area contributed by atoms with Crippen molar-refractivity contribution in [3.8, 4) is 17.1 Å². The van der Waals surface area contributed by atoms with E-state index in [9.17, 15) is 0 Å². The van der Waals surface area contributed by atoms with Crippen LogP contribution < -0.4 is 10.5 Å². The highest BCUT2D eigenvalue weighted by Gasteiger charge is 2.22. The van der Waals surface area contributed by atoms with Gasteiger partial charge in [0.1, 0.15) is 23.9 Å². The number of benzene rings is 1. The summed E-state index contributed by atoms with van der Waals surface area (Å²) in [6.45, 7) is 3.36. The Kier molecular flexibility index (Phi) is 7.81. The number of piperidine rings is 1. The smallest absolute Gasteiger partial charge is 0.176 e. The monoisotopic (exact) mass is 464 g/mol. The quantitative estimate of drug-likeness (QED) is 0.422. The summed E-state index contributed by atoms with van der Waals surface area (Å²) in [4.78, 5) is 20.5. The van der Waals surface area contributed by atoms with Gasteiger partial charge in [0.15, 0.2) is 5.84 Å². The van der Waals surface area contributed by atoms with Crippen LogP contribution in [0.5, 0.6) is 5.75 Å². The molecule has 34 heavy (non-hydrogen) atoms. The van der Waals surface area contributed by atoms with Gasteiger partial charge >= 0.3 is 0 Å². The van der Waals surface area contributed by atoms with E-state index in [4.69, 9.17) is 31.0 Å². The van der Waals surface area contributed by atoms with Gasteiger partial charge in [0.25, 0.3) is 0 Å². The Balaban J connectivity index is 1.67. The summed E-state index contributed by atoms with van der Waals surface area (Å²) >= 11 is 0. The number of aliphatic imine (C=N–C) groups is 3. The molecule has 2 aliphatic heterocycles. The molecule has 4 N–H and O–H groups in total. The van der Waals surface area contributed by atoms with Gasteiger partial charge in [-0.15, -0.1) is 0 Å². The summed E-state index contributed by atoms with van der Waals surface area (Å²) in [7, 11) is 2.14. The van der Waals surface area contributed by atoms with Crippen LogP contribution in [-0.2, 0) is 6.54 Å². The van der Waals surface area contributed by atoms with E-state index in [2.05, 4.69) is 21.9 Å². The van der Waals surface area contributed by atoms with Gasteiger partial charge in [0, 0.05) is 24.5 Å². The third kappa shape index (κ3) is 5.40. The summed E-state index contributed by atoms with van der Waals surface area (Å²) in [5, 5.41) is 16.8. The first-order chi connectivity index (χ1) is 16.6. The van der Waals surface area contributed by atoms with E-state index in [-0.39, 0.29) is 19.2 Å². The lowest BCUT2D eigenvalue weighted by Crippen LogP contribution is -2.32. The molecule has 0 atom stereocenters. The Labute approximate surface area is 199 Å². The molecule has 1 fully saturated rings. The molecule has 10 heteroatoms. The molecule has 1 saturated heterocycles. The summed E-state index contributed by atoms with van der Waals surface area (Å²) in [5.74, 6) is 1.89. The summed E-state index contributed by atoms with van der Waals surface area (Å²) < 4.78 is 8.10. The van der Waals surface area contributed by atoms with Crippen LogP contribution in [0.1, 0.15) is 30.5 Å². The minimum Gasteiger partial charge on any atom is -0.491 e. The number of hydrogen-bond donors (Lipinski definition) is 3. The molecular weight excluding hydrogens is 432 g/mol. The van der Waals surface area contributed by atoms with E-state index >= 15 is 0 Å². The van der Waals surface area contributed by atoms with E-state index in [1.165, 1.54) is 12.6 Å². The van der Waals surface area contributed by atoms with Gasteiger partial charge in [-0.3, -0.25) is 9.98 Å². The zero-order valence-electron chi connectivity index (χ0n) is 19.5. The minimum absolute atomic E-state index is 0.0756. The normalized spacial score (nSPS) is 17.8. The Morgan fingerprint density at radius 3 is 2.88 bits per heavy atom. The summed E-state index contributed by atoms with van der Waals surface area (Å²) in [5.41, 5.74) is 8.84. The van der Waals surface area contributed by atoms with Crippen LogP contribution in [0.15, 0.2) is 39.4 Å². The van der Waals surface area contributed by atoms with Gasteiger partial charge in [-0.05, 0) is 50.7 Å². The number of aliphatic hydroxyl groups is 1. The molecule has 0 unspecified atom stereocenters. The first kappa shape index (κ1) is 23.8. The molecule has 0 spiro atoms. The van der Waals surface area contributed by atoms with Crippen molar-refractivity contribution < 1.29 is 9.84 Å². The molecule has 0 amide bonds. The lowest BCUT2D eigenvalue weighted by molar-refractivity contribution is 0.257. The number of rotatable bonds is 7. The molecule has 0 radical (unpaired) electrons. The predicted molar refractivity (Wildman–Crippen MR) is 135 cm³/mol. The highest BCUT2D eigenvalue weighted by molar-refractivity contribution is 6.07. The first-order valence-electron chi connectivity index (χ1n) is 11.6. The molecule has 1 aromatic carbocycles. The number of nitrogens with two attached hydrogens (primary N) is 1. The van der Waals surface area contributed by atoms with E-state index in [1.807, 2.05) is 29.0 Å². The van der Waals surface area contributed by atoms with Crippen molar-refractivity contribution in [2.24, 2.45) is 20.7 Å². The minimum atomic E-state index is -0.0756. The summed E-state index contributed by atoms with van der Waals surface area (Å²) in [6.07, 6.45) is 7.03. The van der Waals surface area contributed by atoms with Gasteiger partial charge in [-0.1, -0.05) is 6.07 Å². The maximum Gasteiger partial charge on any atom is 0.176 e. The zero-order valence-corrected chi connectivity index (χ0v) is 19.5. The maximum absolute atomic E-state index is 9.13.